The molecule has 0 N–H and O–H groups in total. The molecular weight excluding hydrogens is 388 g/mol. The highest BCUT2D eigenvalue weighted by Gasteiger charge is 2.29. The predicted octanol–water partition coefficient (Wildman–Crippen LogP) is 3.61. The number of piperidine rings is 1. The van der Waals surface area contributed by atoms with Crippen molar-refractivity contribution in [3.8, 4) is 11.8 Å². The Balaban J connectivity index is 1.88. The van der Waals surface area contributed by atoms with E-state index in [1.165, 1.54) is 28.6 Å². The Bertz CT molecular complexity index is 1010. The Morgan fingerprint density at radius 3 is 2.56 bits per heavy atom. The molecule has 0 aliphatic carbocycles. The van der Waals surface area contributed by atoms with E-state index in [0.717, 1.165) is 19.3 Å². The molecule has 6 nitrogen and oxygen atoms in total. The average Bonchev–Trinajstić information content (AvgIpc) is 2.69. The summed E-state index contributed by atoms with van der Waals surface area (Å²) >= 11 is 6.11. The van der Waals surface area contributed by atoms with Gasteiger partial charge in [0.05, 0.1) is 22.2 Å². The first-order valence-corrected chi connectivity index (χ1v) is 10.3. The fourth-order valence-electron chi connectivity index (χ4n) is 2.87. The molecule has 27 heavy (non-hydrogen) atoms. The van der Waals surface area contributed by atoms with Crippen molar-refractivity contribution in [1.29, 1.82) is 5.26 Å². The zero-order valence-corrected chi connectivity index (χ0v) is 16.0. The lowest BCUT2D eigenvalue weighted by Gasteiger charge is -2.26. The van der Waals surface area contributed by atoms with Gasteiger partial charge in [0.25, 0.3) is 0 Å². The van der Waals surface area contributed by atoms with Crippen molar-refractivity contribution < 1.29 is 17.9 Å². The molecule has 0 unspecified atom stereocenters. The molecule has 8 heteroatoms. The largest absolute Gasteiger partial charge is 0.423 e. The van der Waals surface area contributed by atoms with Crippen LogP contribution in [0.3, 0.4) is 0 Å². The van der Waals surface area contributed by atoms with Crippen LogP contribution in [0.25, 0.3) is 0 Å². The van der Waals surface area contributed by atoms with Crippen molar-refractivity contribution in [3.63, 3.8) is 0 Å². The van der Waals surface area contributed by atoms with Crippen LogP contribution in [-0.2, 0) is 10.0 Å². The number of rotatable bonds is 4. The van der Waals surface area contributed by atoms with E-state index in [4.69, 9.17) is 21.6 Å². The number of ether oxygens (including phenoxy) is 1. The van der Waals surface area contributed by atoms with Crippen LogP contribution < -0.4 is 4.74 Å². The molecule has 3 rings (SSSR count). The first-order chi connectivity index (χ1) is 12.9. The van der Waals surface area contributed by atoms with Gasteiger partial charge in [-0.15, -0.1) is 0 Å². The lowest BCUT2D eigenvalue weighted by Crippen LogP contribution is -2.35. The minimum atomic E-state index is -3.78. The summed E-state index contributed by atoms with van der Waals surface area (Å²) in [5.74, 6) is -0.522. The Morgan fingerprint density at radius 2 is 1.85 bits per heavy atom. The Morgan fingerprint density at radius 1 is 1.11 bits per heavy atom. The Labute approximate surface area is 163 Å². The summed E-state index contributed by atoms with van der Waals surface area (Å²) in [6, 6.07) is 12.1. The van der Waals surface area contributed by atoms with Gasteiger partial charge < -0.3 is 4.74 Å². The molecule has 0 amide bonds. The molecule has 0 atom stereocenters. The van der Waals surface area contributed by atoms with E-state index < -0.39 is 16.0 Å². The minimum absolute atomic E-state index is 0.0589. The summed E-state index contributed by atoms with van der Waals surface area (Å²) in [7, 11) is -3.78. The predicted molar refractivity (Wildman–Crippen MR) is 100 cm³/mol. The quantitative estimate of drug-likeness (QED) is 0.573. The van der Waals surface area contributed by atoms with E-state index >= 15 is 0 Å². The highest BCUT2D eigenvalue weighted by Crippen LogP contribution is 2.28. The van der Waals surface area contributed by atoms with Crippen LogP contribution in [0.15, 0.2) is 47.4 Å². The van der Waals surface area contributed by atoms with E-state index in [1.54, 1.807) is 18.2 Å². The maximum absolute atomic E-state index is 12.9. The first kappa shape index (κ1) is 19.4. The lowest BCUT2D eigenvalue weighted by atomic mass is 10.2. The summed E-state index contributed by atoms with van der Waals surface area (Å²) < 4.78 is 32.4. The van der Waals surface area contributed by atoms with Crippen molar-refractivity contribution in [3.05, 3.63) is 58.6 Å². The van der Waals surface area contributed by atoms with Gasteiger partial charge in [-0.2, -0.15) is 9.57 Å². The van der Waals surface area contributed by atoms with Crippen molar-refractivity contribution >= 4 is 27.6 Å². The smallest absolute Gasteiger partial charge is 0.343 e. The van der Waals surface area contributed by atoms with Gasteiger partial charge in [-0.25, -0.2) is 13.2 Å². The van der Waals surface area contributed by atoms with E-state index in [0.29, 0.717) is 18.7 Å². The van der Waals surface area contributed by atoms with E-state index in [-0.39, 0.29) is 21.2 Å². The summed E-state index contributed by atoms with van der Waals surface area (Å²) in [6.07, 6.45) is 2.59. The van der Waals surface area contributed by atoms with Crippen LogP contribution in [0, 0.1) is 11.3 Å². The summed E-state index contributed by atoms with van der Waals surface area (Å²) in [6.45, 7) is 0.878. The molecule has 1 aliphatic rings. The Kier molecular flexibility index (Phi) is 5.80. The van der Waals surface area contributed by atoms with Crippen molar-refractivity contribution in [1.82, 2.24) is 4.31 Å². The van der Waals surface area contributed by atoms with Gasteiger partial charge in [-0.3, -0.25) is 0 Å². The van der Waals surface area contributed by atoms with Crippen LogP contribution >= 0.6 is 11.6 Å². The number of sulfonamides is 1. The van der Waals surface area contributed by atoms with Gasteiger partial charge >= 0.3 is 5.97 Å². The monoisotopic (exact) mass is 404 g/mol. The molecule has 2 aromatic carbocycles. The van der Waals surface area contributed by atoms with Gasteiger partial charge in [0.15, 0.2) is 0 Å². The summed E-state index contributed by atoms with van der Waals surface area (Å²) in [4.78, 5) is 12.3. The molecule has 1 aliphatic heterocycles. The molecule has 1 saturated heterocycles. The lowest BCUT2D eigenvalue weighted by molar-refractivity contribution is 0.0734. The van der Waals surface area contributed by atoms with Crippen LogP contribution in [0.2, 0.25) is 5.02 Å². The molecular formula is C19H17ClN2O4S. The number of benzene rings is 2. The minimum Gasteiger partial charge on any atom is -0.423 e. The van der Waals surface area contributed by atoms with Crippen LogP contribution in [-0.4, -0.2) is 31.8 Å². The number of nitriles is 1. The molecule has 140 valence electrons. The topological polar surface area (TPSA) is 87.5 Å². The second-order valence-corrected chi connectivity index (χ2v) is 8.45. The fraction of sp³-hybridized carbons (Fsp3) is 0.263. The van der Waals surface area contributed by atoms with Crippen LogP contribution in [0.5, 0.6) is 5.75 Å². The zero-order chi connectivity index (χ0) is 19.4. The standard InChI is InChI=1S/C19H17ClN2O4S/c20-17-8-7-15(19(23)26-16-6-4-5-14(11-16)13-21)12-18(17)27(24,25)22-9-2-1-3-10-22/h4-8,11-12H,1-3,9-10H2. The maximum atomic E-state index is 12.9. The molecule has 0 spiro atoms. The van der Waals surface area contributed by atoms with Crippen LogP contribution in [0.4, 0.5) is 0 Å². The van der Waals surface area contributed by atoms with Gasteiger partial charge in [0.2, 0.25) is 10.0 Å². The van der Waals surface area contributed by atoms with Gasteiger partial charge in [0.1, 0.15) is 10.6 Å². The molecule has 0 radical (unpaired) electrons. The van der Waals surface area contributed by atoms with Crippen LogP contribution in [0.1, 0.15) is 35.2 Å². The highest BCUT2D eigenvalue weighted by atomic mass is 35.5. The Hall–Kier alpha value is -2.40. The third-order valence-electron chi connectivity index (χ3n) is 4.27. The second kappa shape index (κ2) is 8.09. The number of carbonyl (C=O) groups excluding carboxylic acids is 1. The SMILES string of the molecule is N#Cc1cccc(OC(=O)c2ccc(Cl)c(S(=O)(=O)N3CCCCC3)c2)c1. The zero-order valence-electron chi connectivity index (χ0n) is 14.4. The number of carbonyl (C=O) groups is 1. The number of hydrogen-bond acceptors (Lipinski definition) is 5. The molecule has 0 bridgehead atoms. The van der Waals surface area contributed by atoms with E-state index in [1.807, 2.05) is 6.07 Å². The molecule has 1 heterocycles. The number of halogens is 1. The molecule has 1 fully saturated rings. The summed E-state index contributed by atoms with van der Waals surface area (Å²) in [5, 5.41) is 8.98. The maximum Gasteiger partial charge on any atom is 0.343 e. The fourth-order valence-corrected chi connectivity index (χ4v) is 4.88. The number of nitrogens with zero attached hydrogens (tertiary/aromatic N) is 2. The summed E-state index contributed by atoms with van der Waals surface area (Å²) in [5.41, 5.74) is 0.419. The first-order valence-electron chi connectivity index (χ1n) is 8.44. The van der Waals surface area contributed by atoms with Crippen molar-refractivity contribution in [2.45, 2.75) is 24.2 Å². The van der Waals surface area contributed by atoms with Gasteiger partial charge in [0, 0.05) is 13.1 Å². The number of hydrogen-bond donors (Lipinski definition) is 0. The van der Waals surface area contributed by atoms with E-state index in [2.05, 4.69) is 0 Å². The van der Waals surface area contributed by atoms with E-state index in [9.17, 15) is 13.2 Å². The van der Waals surface area contributed by atoms with Crippen molar-refractivity contribution in [2.24, 2.45) is 0 Å². The average molecular weight is 405 g/mol. The highest BCUT2D eigenvalue weighted by molar-refractivity contribution is 7.89. The normalized spacial score (nSPS) is 15.1. The molecule has 0 aromatic heterocycles. The van der Waals surface area contributed by atoms with Crippen molar-refractivity contribution in [2.75, 3.05) is 13.1 Å². The second-order valence-electron chi connectivity index (χ2n) is 6.14. The van der Waals surface area contributed by atoms with Gasteiger partial charge in [-0.05, 0) is 49.2 Å². The third kappa shape index (κ3) is 4.30. The molecule has 0 saturated carbocycles. The van der Waals surface area contributed by atoms with Gasteiger partial charge in [-0.1, -0.05) is 24.1 Å². The third-order valence-corrected chi connectivity index (χ3v) is 6.65. The number of esters is 1. The molecule has 2 aromatic rings.